The first-order chi connectivity index (χ1) is 8.89. The lowest BCUT2D eigenvalue weighted by Gasteiger charge is -2.26. The second-order valence-corrected chi connectivity index (χ2v) is 6.55. The van der Waals surface area contributed by atoms with Gasteiger partial charge < -0.3 is 15.1 Å². The molecular formula is C15H33IN4. The number of likely N-dealkylation sites (tertiary alicyclic amines) is 1. The van der Waals surface area contributed by atoms with Crippen molar-refractivity contribution in [2.24, 2.45) is 10.4 Å². The van der Waals surface area contributed by atoms with Gasteiger partial charge in [0.1, 0.15) is 0 Å². The molecule has 1 aliphatic heterocycles. The fourth-order valence-corrected chi connectivity index (χ4v) is 2.50. The van der Waals surface area contributed by atoms with E-state index in [0.717, 1.165) is 32.1 Å². The monoisotopic (exact) mass is 396 g/mol. The third-order valence-corrected chi connectivity index (χ3v) is 4.28. The summed E-state index contributed by atoms with van der Waals surface area (Å²) in [6, 6.07) is 0.648. The molecule has 1 rings (SSSR count). The molecule has 1 saturated heterocycles. The molecule has 20 heavy (non-hydrogen) atoms. The second kappa shape index (κ2) is 9.07. The van der Waals surface area contributed by atoms with Crippen molar-refractivity contribution in [3.63, 3.8) is 0 Å². The lowest BCUT2D eigenvalue weighted by atomic mass is 9.93. The van der Waals surface area contributed by atoms with E-state index in [4.69, 9.17) is 0 Å². The van der Waals surface area contributed by atoms with Gasteiger partial charge in [-0.2, -0.15) is 0 Å². The van der Waals surface area contributed by atoms with Gasteiger partial charge in [-0.3, -0.25) is 4.99 Å². The molecule has 1 atom stereocenters. The Bertz CT molecular complexity index is 304. The number of guanidine groups is 1. The topological polar surface area (TPSA) is 30.9 Å². The summed E-state index contributed by atoms with van der Waals surface area (Å²) in [4.78, 5) is 9.19. The van der Waals surface area contributed by atoms with Gasteiger partial charge in [0.15, 0.2) is 5.96 Å². The maximum absolute atomic E-state index is 4.41. The number of nitrogens with one attached hydrogen (secondary N) is 1. The standard InChI is InChI=1S/C15H32N4.HI/c1-7-13(2)18(6)11-9-17-14(16-5)19-10-8-15(3,4)12-19;/h13H,7-12H2,1-6H3,(H,16,17);1H. The number of likely N-dealkylation sites (N-methyl/N-ethyl adjacent to an activating group) is 1. The quantitative estimate of drug-likeness (QED) is 0.441. The van der Waals surface area contributed by atoms with Crippen molar-refractivity contribution in [1.29, 1.82) is 0 Å². The van der Waals surface area contributed by atoms with Gasteiger partial charge in [-0.1, -0.05) is 20.8 Å². The Morgan fingerprint density at radius 3 is 2.55 bits per heavy atom. The van der Waals surface area contributed by atoms with Crippen molar-refractivity contribution in [3.8, 4) is 0 Å². The van der Waals surface area contributed by atoms with Crippen LogP contribution in [0.25, 0.3) is 0 Å². The van der Waals surface area contributed by atoms with Gasteiger partial charge in [-0.05, 0) is 32.2 Å². The van der Waals surface area contributed by atoms with Crippen LogP contribution in [0.3, 0.4) is 0 Å². The zero-order valence-corrected chi connectivity index (χ0v) is 16.4. The first kappa shape index (κ1) is 20.0. The van der Waals surface area contributed by atoms with E-state index in [-0.39, 0.29) is 24.0 Å². The molecule has 0 aliphatic carbocycles. The summed E-state index contributed by atoms with van der Waals surface area (Å²) in [5.41, 5.74) is 0.422. The van der Waals surface area contributed by atoms with Crippen LogP contribution in [-0.4, -0.2) is 62.1 Å². The predicted molar refractivity (Wildman–Crippen MR) is 99.1 cm³/mol. The lowest BCUT2D eigenvalue weighted by molar-refractivity contribution is 0.254. The average molecular weight is 396 g/mol. The molecule has 0 saturated carbocycles. The number of aliphatic imine (C=N–C) groups is 1. The highest BCUT2D eigenvalue weighted by molar-refractivity contribution is 14.0. The number of rotatable bonds is 5. The van der Waals surface area contributed by atoms with Crippen LogP contribution < -0.4 is 5.32 Å². The highest BCUT2D eigenvalue weighted by Crippen LogP contribution is 2.28. The van der Waals surface area contributed by atoms with Crippen molar-refractivity contribution < 1.29 is 0 Å². The van der Waals surface area contributed by atoms with E-state index >= 15 is 0 Å². The summed E-state index contributed by atoms with van der Waals surface area (Å²) in [6.45, 7) is 13.4. The predicted octanol–water partition coefficient (Wildman–Crippen LogP) is 2.64. The molecule has 1 heterocycles. The Labute approximate surface area is 142 Å². The van der Waals surface area contributed by atoms with E-state index in [2.05, 4.69) is 54.9 Å². The van der Waals surface area contributed by atoms with Gasteiger partial charge in [0.05, 0.1) is 0 Å². The molecule has 120 valence electrons. The molecule has 0 bridgehead atoms. The van der Waals surface area contributed by atoms with Crippen molar-refractivity contribution in [2.75, 3.05) is 40.3 Å². The summed E-state index contributed by atoms with van der Waals surface area (Å²) in [7, 11) is 4.07. The smallest absolute Gasteiger partial charge is 0.193 e. The first-order valence-corrected chi connectivity index (χ1v) is 7.55. The molecule has 1 fully saturated rings. The largest absolute Gasteiger partial charge is 0.355 e. The number of hydrogen-bond acceptors (Lipinski definition) is 2. The Balaban J connectivity index is 0.00000361. The minimum absolute atomic E-state index is 0. The third-order valence-electron chi connectivity index (χ3n) is 4.28. The number of halogens is 1. The molecule has 1 unspecified atom stereocenters. The first-order valence-electron chi connectivity index (χ1n) is 7.55. The lowest BCUT2D eigenvalue weighted by Crippen LogP contribution is -2.44. The van der Waals surface area contributed by atoms with Crippen LogP contribution in [-0.2, 0) is 0 Å². The SMILES string of the molecule is CCC(C)N(C)CCNC(=NC)N1CCC(C)(C)C1.I. The van der Waals surface area contributed by atoms with E-state index < -0.39 is 0 Å². The van der Waals surface area contributed by atoms with E-state index in [0.29, 0.717) is 11.5 Å². The third kappa shape index (κ3) is 6.16. The highest BCUT2D eigenvalue weighted by Gasteiger charge is 2.30. The van der Waals surface area contributed by atoms with Crippen LogP contribution in [0.4, 0.5) is 0 Å². The van der Waals surface area contributed by atoms with Crippen molar-refractivity contribution >= 4 is 29.9 Å². The molecule has 1 aliphatic rings. The Morgan fingerprint density at radius 2 is 2.10 bits per heavy atom. The molecule has 0 amide bonds. The summed E-state index contributed by atoms with van der Waals surface area (Å²) in [5.74, 6) is 1.06. The van der Waals surface area contributed by atoms with E-state index in [1.165, 1.54) is 12.8 Å². The van der Waals surface area contributed by atoms with Crippen LogP contribution in [0, 0.1) is 5.41 Å². The fraction of sp³-hybridized carbons (Fsp3) is 0.933. The van der Waals surface area contributed by atoms with Crippen LogP contribution in [0.2, 0.25) is 0 Å². The molecule has 1 N–H and O–H groups in total. The van der Waals surface area contributed by atoms with Crippen LogP contribution in [0.15, 0.2) is 4.99 Å². The average Bonchev–Trinajstić information content (AvgIpc) is 2.73. The fourth-order valence-electron chi connectivity index (χ4n) is 2.50. The van der Waals surface area contributed by atoms with Crippen molar-refractivity contribution in [1.82, 2.24) is 15.1 Å². The molecule has 0 aromatic rings. The highest BCUT2D eigenvalue weighted by atomic mass is 127. The van der Waals surface area contributed by atoms with Gasteiger partial charge in [0.2, 0.25) is 0 Å². The molecule has 5 heteroatoms. The summed E-state index contributed by atoms with van der Waals surface area (Å²) in [5, 5.41) is 3.49. The van der Waals surface area contributed by atoms with Gasteiger partial charge in [0, 0.05) is 39.3 Å². The molecule has 0 aromatic carbocycles. The van der Waals surface area contributed by atoms with E-state index in [9.17, 15) is 0 Å². The van der Waals surface area contributed by atoms with Gasteiger partial charge in [-0.25, -0.2) is 0 Å². The maximum atomic E-state index is 4.41. The normalized spacial score (nSPS) is 19.9. The minimum Gasteiger partial charge on any atom is -0.355 e. The molecule has 4 nitrogen and oxygen atoms in total. The van der Waals surface area contributed by atoms with E-state index in [1.54, 1.807) is 0 Å². The molecule has 0 aromatic heterocycles. The van der Waals surface area contributed by atoms with Crippen LogP contribution >= 0.6 is 24.0 Å². The van der Waals surface area contributed by atoms with Gasteiger partial charge >= 0.3 is 0 Å². The summed E-state index contributed by atoms with van der Waals surface area (Å²) in [6.07, 6.45) is 2.45. The van der Waals surface area contributed by atoms with Crippen molar-refractivity contribution in [3.05, 3.63) is 0 Å². The van der Waals surface area contributed by atoms with Crippen LogP contribution in [0.5, 0.6) is 0 Å². The second-order valence-electron chi connectivity index (χ2n) is 6.55. The summed E-state index contributed by atoms with van der Waals surface area (Å²) >= 11 is 0. The van der Waals surface area contributed by atoms with Crippen molar-refractivity contribution in [2.45, 2.75) is 46.6 Å². The van der Waals surface area contributed by atoms with Crippen LogP contribution in [0.1, 0.15) is 40.5 Å². The Kier molecular flexibility index (Phi) is 9.06. The van der Waals surface area contributed by atoms with E-state index in [1.807, 2.05) is 7.05 Å². The zero-order valence-electron chi connectivity index (χ0n) is 14.1. The molecule has 0 radical (unpaired) electrons. The maximum Gasteiger partial charge on any atom is 0.193 e. The Morgan fingerprint density at radius 1 is 1.45 bits per heavy atom. The summed E-state index contributed by atoms with van der Waals surface area (Å²) < 4.78 is 0. The minimum atomic E-state index is 0. The Hall–Kier alpha value is -0.0400. The number of nitrogens with zero attached hydrogens (tertiary/aromatic N) is 3. The number of hydrogen-bond donors (Lipinski definition) is 1. The molecular weight excluding hydrogens is 363 g/mol. The zero-order chi connectivity index (χ0) is 14.5. The van der Waals surface area contributed by atoms with Gasteiger partial charge in [0.25, 0.3) is 0 Å². The van der Waals surface area contributed by atoms with Gasteiger partial charge in [-0.15, -0.1) is 24.0 Å². The molecule has 0 spiro atoms.